The van der Waals surface area contributed by atoms with Crippen LogP contribution in [0.4, 0.5) is 11.4 Å². The third-order valence-electron chi connectivity index (χ3n) is 6.69. The maximum atomic E-state index is 13.0. The lowest BCUT2D eigenvalue weighted by Crippen LogP contribution is -2.30. The normalized spacial score (nSPS) is 10.0. The van der Waals surface area contributed by atoms with Gasteiger partial charge in [-0.2, -0.15) is 0 Å². The molecule has 0 saturated carbocycles. The minimum absolute atomic E-state index is 0.0751. The van der Waals surface area contributed by atoms with Crippen LogP contribution < -0.4 is 10.2 Å². The van der Waals surface area contributed by atoms with Gasteiger partial charge < -0.3 is 19.7 Å². The molecule has 0 aliphatic heterocycles. The Morgan fingerprint density at radius 2 is 1.00 bits per heavy atom. The van der Waals surface area contributed by atoms with E-state index >= 15 is 0 Å². The Morgan fingerprint density at radius 3 is 1.50 bits per heavy atom. The van der Waals surface area contributed by atoms with Crippen molar-refractivity contribution in [1.82, 2.24) is 0 Å². The van der Waals surface area contributed by atoms with Crippen LogP contribution in [-0.2, 0) is 22.6 Å². The number of hydrogen-bond donors (Lipinski definition) is 1. The number of nitrogens with one attached hydrogen (secondary N) is 1. The zero-order chi connectivity index (χ0) is 31.1. The number of carbonyl (C=O) groups is 3. The first kappa shape index (κ1) is 31.3. The lowest BCUT2D eigenvalue weighted by Gasteiger charge is -2.23. The molecule has 0 atom stereocenters. The van der Waals surface area contributed by atoms with Gasteiger partial charge in [0.05, 0.1) is 31.9 Å². The van der Waals surface area contributed by atoms with Gasteiger partial charge in [-0.15, -0.1) is 0 Å². The molecule has 0 radical (unpaired) electrons. The van der Waals surface area contributed by atoms with Gasteiger partial charge >= 0.3 is 11.9 Å². The second-order valence-corrected chi connectivity index (χ2v) is 9.69. The van der Waals surface area contributed by atoms with Crippen LogP contribution in [0, 0.1) is 0 Å². The van der Waals surface area contributed by atoms with Crippen LogP contribution in [0.15, 0.2) is 140 Å². The molecule has 1 N–H and O–H groups in total. The van der Waals surface area contributed by atoms with E-state index in [0.29, 0.717) is 23.2 Å². The summed E-state index contributed by atoms with van der Waals surface area (Å²) in [6, 6.07) is 43.2. The zero-order valence-corrected chi connectivity index (χ0v) is 24.7. The van der Waals surface area contributed by atoms with E-state index in [1.165, 1.54) is 14.2 Å². The third kappa shape index (κ3) is 8.90. The lowest BCUT2D eigenvalue weighted by atomic mass is 10.1. The van der Waals surface area contributed by atoms with Gasteiger partial charge in [0.2, 0.25) is 0 Å². The molecule has 0 spiro atoms. The number of ether oxygens (including phenoxy) is 2. The third-order valence-corrected chi connectivity index (χ3v) is 6.69. The van der Waals surface area contributed by atoms with Crippen molar-refractivity contribution in [1.29, 1.82) is 0 Å². The van der Waals surface area contributed by atoms with Crippen molar-refractivity contribution in [3.8, 4) is 0 Å². The summed E-state index contributed by atoms with van der Waals surface area (Å²) >= 11 is 0. The fraction of sp³-hybridized carbons (Fsp3) is 0.108. The largest absolute Gasteiger partial charge is 0.465 e. The maximum absolute atomic E-state index is 13.0. The van der Waals surface area contributed by atoms with Crippen LogP contribution in [0.25, 0.3) is 0 Å². The number of benzene rings is 5. The summed E-state index contributed by atoms with van der Waals surface area (Å²) in [4.78, 5) is 37.6. The molecule has 1 amide bonds. The Balaban J connectivity index is 0.000000215. The van der Waals surface area contributed by atoms with Gasteiger partial charge in [-0.05, 0) is 71.8 Å². The highest BCUT2D eigenvalue weighted by Crippen LogP contribution is 2.20. The second kappa shape index (κ2) is 16.1. The van der Waals surface area contributed by atoms with Crippen LogP contribution in [0.5, 0.6) is 0 Å². The van der Waals surface area contributed by atoms with E-state index in [4.69, 9.17) is 4.74 Å². The number of amides is 1. The van der Waals surface area contributed by atoms with Gasteiger partial charge in [-0.3, -0.25) is 4.79 Å². The van der Waals surface area contributed by atoms with Crippen molar-refractivity contribution >= 4 is 29.2 Å². The predicted molar refractivity (Wildman–Crippen MR) is 173 cm³/mol. The Kier molecular flexibility index (Phi) is 11.4. The Hall–Kier alpha value is -5.69. The summed E-state index contributed by atoms with van der Waals surface area (Å²) in [5.41, 5.74) is 5.62. The summed E-state index contributed by atoms with van der Waals surface area (Å²) in [5.74, 6) is -0.761. The molecule has 0 unspecified atom stereocenters. The Labute approximate surface area is 257 Å². The summed E-state index contributed by atoms with van der Waals surface area (Å²) in [5, 5.41) is 3.31. The van der Waals surface area contributed by atoms with Gasteiger partial charge in [0.25, 0.3) is 5.91 Å². The molecule has 7 heteroatoms. The number of anilines is 2. The summed E-state index contributed by atoms with van der Waals surface area (Å²) in [7, 11) is 2.74. The highest BCUT2D eigenvalue weighted by atomic mass is 16.5. The molecular weight excluding hydrogens is 552 g/mol. The molecule has 0 heterocycles. The van der Waals surface area contributed by atoms with Crippen molar-refractivity contribution in [2.24, 2.45) is 0 Å². The monoisotopic (exact) mass is 586 g/mol. The van der Waals surface area contributed by atoms with E-state index in [-0.39, 0.29) is 17.8 Å². The Morgan fingerprint density at radius 1 is 0.545 bits per heavy atom. The van der Waals surface area contributed by atoms with Crippen molar-refractivity contribution in [3.63, 3.8) is 0 Å². The first-order valence-corrected chi connectivity index (χ1v) is 14.0. The molecule has 0 fully saturated rings. The van der Waals surface area contributed by atoms with Crippen LogP contribution in [0.3, 0.4) is 0 Å². The fourth-order valence-electron chi connectivity index (χ4n) is 4.31. The standard InChI is InChI=1S/C22H19NO3.C15H15NO2/c1-26-22(25)19-14-12-17(13-15-19)16-23(20-10-6-3-7-11-20)21(24)18-8-4-2-5-9-18;1-18-15(17)13-9-7-12(8-10-13)11-16-14-5-3-2-4-6-14/h2-15H,16H2,1H3;2-10,16H,11H2,1H3. The van der Waals surface area contributed by atoms with E-state index in [1.54, 1.807) is 41.3 Å². The van der Waals surface area contributed by atoms with E-state index in [1.807, 2.05) is 103 Å². The molecule has 44 heavy (non-hydrogen) atoms. The predicted octanol–water partition coefficient (Wildman–Crippen LogP) is 7.41. The van der Waals surface area contributed by atoms with Crippen molar-refractivity contribution in [2.45, 2.75) is 13.1 Å². The average molecular weight is 587 g/mol. The van der Waals surface area contributed by atoms with Crippen LogP contribution in [0.1, 0.15) is 42.2 Å². The van der Waals surface area contributed by atoms with E-state index in [9.17, 15) is 14.4 Å². The molecule has 0 aliphatic rings. The molecule has 5 aromatic carbocycles. The SMILES string of the molecule is COC(=O)c1ccc(CN(C(=O)c2ccccc2)c2ccccc2)cc1.COC(=O)c1ccc(CNc2ccccc2)cc1. The minimum atomic E-state index is -0.378. The highest BCUT2D eigenvalue weighted by molar-refractivity contribution is 6.06. The molecule has 0 bridgehead atoms. The molecule has 5 aromatic rings. The van der Waals surface area contributed by atoms with Crippen LogP contribution >= 0.6 is 0 Å². The van der Waals surface area contributed by atoms with Gasteiger partial charge in [-0.1, -0.05) is 78.9 Å². The lowest BCUT2D eigenvalue weighted by molar-refractivity contribution is 0.0592. The quantitative estimate of drug-likeness (QED) is 0.181. The average Bonchev–Trinajstić information content (AvgIpc) is 3.10. The topological polar surface area (TPSA) is 84.9 Å². The number of methoxy groups -OCH3 is 2. The van der Waals surface area contributed by atoms with E-state index in [0.717, 1.165) is 29.0 Å². The van der Waals surface area contributed by atoms with Gasteiger partial charge in [-0.25, -0.2) is 9.59 Å². The zero-order valence-electron chi connectivity index (χ0n) is 24.7. The molecular formula is C37H34N2O5. The highest BCUT2D eigenvalue weighted by Gasteiger charge is 2.18. The van der Waals surface area contributed by atoms with Crippen molar-refractivity contribution < 1.29 is 23.9 Å². The number of hydrogen-bond acceptors (Lipinski definition) is 6. The van der Waals surface area contributed by atoms with Gasteiger partial charge in [0.15, 0.2) is 0 Å². The van der Waals surface area contributed by atoms with Crippen LogP contribution in [0.2, 0.25) is 0 Å². The number of esters is 2. The summed E-state index contributed by atoms with van der Waals surface area (Å²) < 4.78 is 9.37. The fourth-order valence-corrected chi connectivity index (χ4v) is 4.31. The van der Waals surface area contributed by atoms with Crippen molar-refractivity contribution in [2.75, 3.05) is 24.4 Å². The second-order valence-electron chi connectivity index (χ2n) is 9.69. The molecule has 7 nitrogen and oxygen atoms in total. The molecule has 222 valence electrons. The number of nitrogens with zero attached hydrogens (tertiary/aromatic N) is 1. The van der Waals surface area contributed by atoms with Gasteiger partial charge in [0.1, 0.15) is 0 Å². The molecule has 0 aromatic heterocycles. The summed E-state index contributed by atoms with van der Waals surface area (Å²) in [6.07, 6.45) is 0. The summed E-state index contributed by atoms with van der Waals surface area (Å²) in [6.45, 7) is 1.13. The minimum Gasteiger partial charge on any atom is -0.465 e. The molecule has 0 saturated heterocycles. The Bertz CT molecular complexity index is 1620. The number of carbonyl (C=O) groups excluding carboxylic acids is 3. The maximum Gasteiger partial charge on any atom is 0.337 e. The van der Waals surface area contributed by atoms with Crippen LogP contribution in [-0.4, -0.2) is 32.1 Å². The van der Waals surface area contributed by atoms with E-state index in [2.05, 4.69) is 10.1 Å². The smallest absolute Gasteiger partial charge is 0.337 e. The molecule has 5 rings (SSSR count). The first-order valence-electron chi connectivity index (χ1n) is 14.0. The van der Waals surface area contributed by atoms with Gasteiger partial charge in [0, 0.05) is 23.5 Å². The van der Waals surface area contributed by atoms with E-state index < -0.39 is 0 Å². The number of para-hydroxylation sites is 2. The molecule has 0 aliphatic carbocycles. The first-order chi connectivity index (χ1) is 21.5. The van der Waals surface area contributed by atoms with Crippen molar-refractivity contribution in [3.05, 3.63) is 167 Å². The number of rotatable bonds is 9.